The SMILES string of the molecule is CCC[C@@]1(CO)CN(Cc2ccc(S(C)(=O)=O)cc2)CC[C@H]1O. The summed E-state index contributed by atoms with van der Waals surface area (Å²) in [4.78, 5) is 2.56. The molecule has 1 saturated heterocycles. The Morgan fingerprint density at radius 3 is 2.48 bits per heavy atom. The van der Waals surface area contributed by atoms with E-state index in [-0.39, 0.29) is 6.61 Å². The van der Waals surface area contributed by atoms with Crippen LogP contribution < -0.4 is 0 Å². The molecule has 6 heteroatoms. The van der Waals surface area contributed by atoms with Crippen LogP contribution in [0, 0.1) is 5.41 Å². The lowest BCUT2D eigenvalue weighted by Crippen LogP contribution is -2.53. The Bertz CT molecular complexity index is 614. The number of rotatable bonds is 6. The van der Waals surface area contributed by atoms with Gasteiger partial charge in [0.1, 0.15) is 0 Å². The van der Waals surface area contributed by atoms with E-state index in [9.17, 15) is 18.6 Å². The van der Waals surface area contributed by atoms with E-state index in [0.717, 1.165) is 24.9 Å². The summed E-state index contributed by atoms with van der Waals surface area (Å²) in [5.74, 6) is 0. The van der Waals surface area contributed by atoms with Crippen LogP contribution in [0.25, 0.3) is 0 Å². The summed E-state index contributed by atoms with van der Waals surface area (Å²) in [6, 6.07) is 6.94. The van der Waals surface area contributed by atoms with E-state index < -0.39 is 21.4 Å². The highest BCUT2D eigenvalue weighted by atomic mass is 32.2. The molecule has 0 radical (unpaired) electrons. The molecule has 23 heavy (non-hydrogen) atoms. The highest BCUT2D eigenvalue weighted by Gasteiger charge is 2.41. The number of aliphatic hydroxyl groups is 2. The zero-order chi connectivity index (χ0) is 17.1. The Hall–Kier alpha value is -0.950. The zero-order valence-electron chi connectivity index (χ0n) is 13.9. The van der Waals surface area contributed by atoms with Gasteiger partial charge in [-0.2, -0.15) is 0 Å². The minimum absolute atomic E-state index is 0.00841. The van der Waals surface area contributed by atoms with Crippen LogP contribution in [0.15, 0.2) is 29.2 Å². The second-order valence-electron chi connectivity index (χ2n) is 6.70. The quantitative estimate of drug-likeness (QED) is 0.818. The summed E-state index contributed by atoms with van der Waals surface area (Å²) < 4.78 is 23.0. The van der Waals surface area contributed by atoms with Gasteiger partial charge in [-0.15, -0.1) is 0 Å². The fourth-order valence-electron chi connectivity index (χ4n) is 3.45. The normalized spacial score (nSPS) is 26.3. The van der Waals surface area contributed by atoms with E-state index in [0.29, 0.717) is 24.4 Å². The number of nitrogens with zero attached hydrogens (tertiary/aromatic N) is 1. The molecule has 1 fully saturated rings. The van der Waals surface area contributed by atoms with Crippen LogP contribution in [-0.4, -0.2) is 55.6 Å². The van der Waals surface area contributed by atoms with Crippen molar-refractivity contribution in [3.8, 4) is 0 Å². The van der Waals surface area contributed by atoms with Gasteiger partial charge in [-0.1, -0.05) is 25.5 Å². The standard InChI is InChI=1S/C17H27NO4S/c1-3-9-17(13-19)12-18(10-8-16(17)20)11-14-4-6-15(7-5-14)23(2,21)22/h4-7,16,19-20H,3,8-13H2,1-2H3/t16-,17+/m1/s1. The van der Waals surface area contributed by atoms with Crippen molar-refractivity contribution >= 4 is 9.84 Å². The number of likely N-dealkylation sites (tertiary alicyclic amines) is 1. The lowest BCUT2D eigenvalue weighted by Gasteiger charge is -2.45. The first-order chi connectivity index (χ1) is 10.8. The average molecular weight is 341 g/mol. The van der Waals surface area contributed by atoms with E-state index in [2.05, 4.69) is 11.8 Å². The largest absolute Gasteiger partial charge is 0.396 e. The monoisotopic (exact) mass is 341 g/mol. The molecule has 0 amide bonds. The van der Waals surface area contributed by atoms with Gasteiger partial charge >= 0.3 is 0 Å². The van der Waals surface area contributed by atoms with Crippen LogP contribution in [0.4, 0.5) is 0 Å². The maximum atomic E-state index is 11.5. The zero-order valence-corrected chi connectivity index (χ0v) is 14.7. The number of aliphatic hydroxyl groups excluding tert-OH is 2. The minimum Gasteiger partial charge on any atom is -0.396 e. The van der Waals surface area contributed by atoms with Crippen molar-refractivity contribution < 1.29 is 18.6 Å². The van der Waals surface area contributed by atoms with Gasteiger partial charge in [-0.3, -0.25) is 4.90 Å². The molecule has 1 aliphatic rings. The molecular formula is C17H27NO4S. The first-order valence-corrected chi connectivity index (χ1v) is 10.00. The molecule has 0 unspecified atom stereocenters. The Balaban J connectivity index is 2.08. The Kier molecular flexibility index (Phi) is 5.84. The van der Waals surface area contributed by atoms with Crippen LogP contribution in [0.5, 0.6) is 0 Å². The maximum absolute atomic E-state index is 11.5. The number of hydrogen-bond donors (Lipinski definition) is 2. The fraction of sp³-hybridized carbons (Fsp3) is 0.647. The smallest absolute Gasteiger partial charge is 0.175 e. The second-order valence-corrected chi connectivity index (χ2v) is 8.72. The molecule has 0 saturated carbocycles. The van der Waals surface area contributed by atoms with Crippen molar-refractivity contribution in [2.24, 2.45) is 5.41 Å². The van der Waals surface area contributed by atoms with Crippen LogP contribution in [-0.2, 0) is 16.4 Å². The highest BCUT2D eigenvalue weighted by molar-refractivity contribution is 7.90. The molecule has 1 aromatic carbocycles. The third kappa shape index (κ3) is 4.32. The van der Waals surface area contributed by atoms with Crippen molar-refractivity contribution in [3.63, 3.8) is 0 Å². The summed E-state index contributed by atoms with van der Waals surface area (Å²) in [7, 11) is -3.17. The third-order valence-electron chi connectivity index (χ3n) is 4.78. The molecule has 1 aliphatic heterocycles. The van der Waals surface area contributed by atoms with Gasteiger partial charge in [-0.25, -0.2) is 8.42 Å². The molecule has 5 nitrogen and oxygen atoms in total. The molecule has 2 rings (SSSR count). The first kappa shape index (κ1) is 18.4. The van der Waals surface area contributed by atoms with Gasteiger partial charge in [0, 0.05) is 31.3 Å². The average Bonchev–Trinajstić information content (AvgIpc) is 2.50. The van der Waals surface area contributed by atoms with Gasteiger partial charge in [0.15, 0.2) is 9.84 Å². The molecule has 0 aliphatic carbocycles. The number of hydrogen-bond acceptors (Lipinski definition) is 5. The molecule has 0 bridgehead atoms. The highest BCUT2D eigenvalue weighted by Crippen LogP contribution is 2.35. The molecule has 1 aromatic rings. The minimum atomic E-state index is -3.17. The van der Waals surface area contributed by atoms with Crippen molar-refractivity contribution in [3.05, 3.63) is 29.8 Å². The summed E-state index contributed by atoms with van der Waals surface area (Å²) >= 11 is 0. The van der Waals surface area contributed by atoms with Gasteiger partial charge in [0.05, 0.1) is 17.6 Å². The summed E-state index contributed by atoms with van der Waals surface area (Å²) in [5, 5.41) is 20.1. The van der Waals surface area contributed by atoms with Crippen LogP contribution >= 0.6 is 0 Å². The van der Waals surface area contributed by atoms with Gasteiger partial charge in [0.2, 0.25) is 0 Å². The molecule has 130 valence electrons. The summed E-state index contributed by atoms with van der Waals surface area (Å²) in [5.41, 5.74) is 0.594. The van der Waals surface area contributed by atoms with Gasteiger partial charge in [-0.05, 0) is 30.5 Å². The van der Waals surface area contributed by atoms with E-state index in [1.165, 1.54) is 6.26 Å². The van der Waals surface area contributed by atoms with E-state index >= 15 is 0 Å². The maximum Gasteiger partial charge on any atom is 0.175 e. The van der Waals surface area contributed by atoms with Crippen molar-refractivity contribution in [2.45, 2.75) is 43.7 Å². The van der Waals surface area contributed by atoms with Gasteiger partial charge in [0.25, 0.3) is 0 Å². The molecular weight excluding hydrogens is 314 g/mol. The third-order valence-corrected chi connectivity index (χ3v) is 5.91. The Labute approximate surface area is 138 Å². The van der Waals surface area contributed by atoms with Crippen molar-refractivity contribution in [2.75, 3.05) is 26.0 Å². The van der Waals surface area contributed by atoms with Crippen LogP contribution in [0.3, 0.4) is 0 Å². The van der Waals surface area contributed by atoms with Crippen LogP contribution in [0.2, 0.25) is 0 Å². The topological polar surface area (TPSA) is 77.8 Å². The lowest BCUT2D eigenvalue weighted by molar-refractivity contribution is -0.0819. The first-order valence-electron chi connectivity index (χ1n) is 8.11. The van der Waals surface area contributed by atoms with E-state index in [1.807, 2.05) is 12.1 Å². The second kappa shape index (κ2) is 7.30. The summed E-state index contributed by atoms with van der Waals surface area (Å²) in [6.45, 7) is 4.19. The Morgan fingerprint density at radius 1 is 1.30 bits per heavy atom. The number of piperidine rings is 1. The lowest BCUT2D eigenvalue weighted by atomic mass is 9.74. The van der Waals surface area contributed by atoms with Gasteiger partial charge < -0.3 is 10.2 Å². The predicted molar refractivity (Wildman–Crippen MR) is 89.9 cm³/mol. The van der Waals surface area contributed by atoms with Crippen molar-refractivity contribution in [1.82, 2.24) is 4.90 Å². The summed E-state index contributed by atoms with van der Waals surface area (Å²) in [6.07, 6.45) is 3.12. The van der Waals surface area contributed by atoms with E-state index in [4.69, 9.17) is 0 Å². The molecule has 1 heterocycles. The molecule has 2 atom stereocenters. The molecule has 2 N–H and O–H groups in total. The van der Waals surface area contributed by atoms with E-state index in [1.54, 1.807) is 12.1 Å². The fourth-order valence-corrected chi connectivity index (χ4v) is 4.08. The van der Waals surface area contributed by atoms with Crippen LogP contribution in [0.1, 0.15) is 31.7 Å². The predicted octanol–water partition coefficient (Wildman–Crippen LogP) is 1.44. The number of sulfone groups is 1. The molecule has 0 aromatic heterocycles. The van der Waals surface area contributed by atoms with Crippen molar-refractivity contribution in [1.29, 1.82) is 0 Å². The molecule has 0 spiro atoms. The Morgan fingerprint density at radius 2 is 1.96 bits per heavy atom. The number of benzene rings is 1.